The monoisotopic (exact) mass is 60.0 g/mol. The van der Waals surface area contributed by atoms with Gasteiger partial charge in [0, 0.05) is 0 Å². The maximum atomic E-state index is 0. The topological polar surface area (TPSA) is 0 Å². The summed E-state index contributed by atoms with van der Waals surface area (Å²) in [5.74, 6) is 0. The fourth-order valence-electron chi connectivity index (χ4n) is 0. The van der Waals surface area contributed by atoms with Crippen LogP contribution in [0, 0.1) is 0 Å². The minimum atomic E-state index is 0. The molecule has 4 heavy (non-hydrogen) atoms. The molecule has 0 radical (unpaired) electrons. The fraction of sp³-hybridized carbons (Fsp3) is 0. The second-order valence-corrected chi connectivity index (χ2v) is 0. The van der Waals surface area contributed by atoms with Gasteiger partial charge in [0.05, 0.1) is 0 Å². The SMILES string of the molecule is Cl.[H-].[H-].[H-].[Li+].[Li+].[Li+]. The van der Waals surface area contributed by atoms with Gasteiger partial charge in [-0.2, -0.15) is 0 Å². The van der Waals surface area contributed by atoms with Crippen molar-refractivity contribution in [2.75, 3.05) is 0 Å². The Morgan fingerprint density at radius 3 is 0.750 bits per heavy atom. The number of hydrogen-bond donors (Lipinski definition) is 0. The minimum Gasteiger partial charge on any atom is -1.00 e. The van der Waals surface area contributed by atoms with Crippen molar-refractivity contribution in [1.82, 2.24) is 0 Å². The zero-order valence-electron chi connectivity index (χ0n) is 6.41. The third kappa shape index (κ3) is 8.94. The molecule has 0 N–H and O–H groups in total. The van der Waals surface area contributed by atoms with Crippen molar-refractivity contribution in [1.29, 1.82) is 0 Å². The molecule has 0 heterocycles. The van der Waals surface area contributed by atoms with Crippen LogP contribution in [0.4, 0.5) is 0 Å². The molecule has 0 bridgehead atoms. The summed E-state index contributed by atoms with van der Waals surface area (Å²) in [5.41, 5.74) is 0. The van der Waals surface area contributed by atoms with Crippen LogP contribution in [0.2, 0.25) is 0 Å². The largest absolute Gasteiger partial charge is 1.00 e. The predicted molar refractivity (Wildman–Crippen MR) is 10.6 cm³/mol. The molecule has 0 amide bonds. The van der Waals surface area contributed by atoms with Gasteiger partial charge in [0.1, 0.15) is 0 Å². The molecule has 0 aromatic heterocycles. The van der Waals surface area contributed by atoms with Gasteiger partial charge in [-0.1, -0.05) is 0 Å². The molecule has 0 aliphatic heterocycles. The van der Waals surface area contributed by atoms with Crippen molar-refractivity contribution in [3.8, 4) is 0 Å². The van der Waals surface area contributed by atoms with E-state index in [0.29, 0.717) is 0 Å². The molecule has 0 aliphatic rings. The Balaban J connectivity index is 0. The van der Waals surface area contributed by atoms with E-state index in [1.54, 1.807) is 0 Å². The van der Waals surface area contributed by atoms with E-state index in [1.807, 2.05) is 0 Å². The van der Waals surface area contributed by atoms with Crippen LogP contribution in [0.5, 0.6) is 0 Å². The molecule has 14 valence electrons. The van der Waals surface area contributed by atoms with Gasteiger partial charge in [0.15, 0.2) is 0 Å². The molecule has 4 heteroatoms. The van der Waals surface area contributed by atoms with Gasteiger partial charge in [-0.15, -0.1) is 12.4 Å². The maximum absolute atomic E-state index is 0. The van der Waals surface area contributed by atoms with Gasteiger partial charge in [-0.05, 0) is 0 Å². The van der Waals surface area contributed by atoms with Crippen molar-refractivity contribution in [2.45, 2.75) is 0 Å². The summed E-state index contributed by atoms with van der Waals surface area (Å²) in [4.78, 5) is 0. The second-order valence-electron chi connectivity index (χ2n) is 0. The van der Waals surface area contributed by atoms with Gasteiger partial charge in [-0.3, -0.25) is 0 Å². The van der Waals surface area contributed by atoms with E-state index in [4.69, 9.17) is 0 Å². The Morgan fingerprint density at radius 1 is 0.750 bits per heavy atom. The first-order valence-electron chi connectivity index (χ1n) is 0. The van der Waals surface area contributed by atoms with E-state index < -0.39 is 0 Å². The number of hydrogen-bond acceptors (Lipinski definition) is 0. The Labute approximate surface area is 72.9 Å². The standard InChI is InChI=1S/ClH.3Li.3H/h1H;;;;;;/q;3*+1;3*-1. The van der Waals surface area contributed by atoms with Gasteiger partial charge in [-0.25, -0.2) is 0 Å². The van der Waals surface area contributed by atoms with Crippen LogP contribution in [0.15, 0.2) is 0 Å². The van der Waals surface area contributed by atoms with Crippen molar-refractivity contribution in [3.05, 3.63) is 0 Å². The Hall–Kier alpha value is 2.08. The summed E-state index contributed by atoms with van der Waals surface area (Å²) in [6.45, 7) is 0. The Morgan fingerprint density at radius 2 is 0.750 bits per heavy atom. The fourth-order valence-corrected chi connectivity index (χ4v) is 0. The molecule has 0 aromatic rings. The molecule has 0 spiro atoms. The summed E-state index contributed by atoms with van der Waals surface area (Å²) >= 11 is 0. The van der Waals surface area contributed by atoms with Crippen LogP contribution in [-0.4, -0.2) is 0 Å². The smallest absolute Gasteiger partial charge is 1.00 e. The molecule has 0 atom stereocenters. The molecule has 0 nitrogen and oxygen atoms in total. The molecule has 0 saturated carbocycles. The van der Waals surface area contributed by atoms with Crippen molar-refractivity contribution in [3.63, 3.8) is 0 Å². The number of rotatable bonds is 0. The van der Waals surface area contributed by atoms with Gasteiger partial charge >= 0.3 is 56.6 Å². The molecular weight excluding hydrogens is 56.3 g/mol. The molecule has 0 aromatic carbocycles. The summed E-state index contributed by atoms with van der Waals surface area (Å²) < 4.78 is 0. The first kappa shape index (κ1) is 36.2. The van der Waals surface area contributed by atoms with Gasteiger partial charge < -0.3 is 4.28 Å². The van der Waals surface area contributed by atoms with Crippen LogP contribution >= 0.6 is 12.4 Å². The molecule has 0 rings (SSSR count). The maximum Gasteiger partial charge on any atom is 1.00 e. The van der Waals surface area contributed by atoms with E-state index in [0.717, 1.165) is 0 Å². The third-order valence-electron chi connectivity index (χ3n) is 0. The van der Waals surface area contributed by atoms with E-state index in [1.165, 1.54) is 0 Å². The average molecular weight is 60.3 g/mol. The first-order chi connectivity index (χ1) is 0. The summed E-state index contributed by atoms with van der Waals surface area (Å²) in [6.07, 6.45) is 0. The molecule has 0 fully saturated rings. The third-order valence-corrected chi connectivity index (χ3v) is 0. The predicted octanol–water partition coefficient (Wildman–Crippen LogP) is -8.23. The van der Waals surface area contributed by atoms with Crippen molar-refractivity contribution in [2.24, 2.45) is 0 Å². The van der Waals surface area contributed by atoms with E-state index in [-0.39, 0.29) is 73.3 Å². The Bertz CT molecular complexity index is 10.1. The molecular formula is H4ClLi3. The average Bonchev–Trinajstić information content (AvgIpc) is 0. The van der Waals surface area contributed by atoms with Gasteiger partial charge in [0.2, 0.25) is 0 Å². The van der Waals surface area contributed by atoms with Crippen LogP contribution in [-0.2, 0) is 0 Å². The normalized spacial score (nSPS) is 0. The first-order valence-corrected chi connectivity index (χ1v) is 0. The summed E-state index contributed by atoms with van der Waals surface area (Å²) in [5, 5.41) is 0. The number of halogens is 1. The van der Waals surface area contributed by atoms with E-state index in [9.17, 15) is 0 Å². The molecule has 0 aliphatic carbocycles. The van der Waals surface area contributed by atoms with Gasteiger partial charge in [0.25, 0.3) is 0 Å². The molecule has 0 unspecified atom stereocenters. The van der Waals surface area contributed by atoms with Crippen LogP contribution in [0.3, 0.4) is 0 Å². The Kier molecular flexibility index (Phi) is 177. The quantitative estimate of drug-likeness (QED) is 0.244. The zero-order valence-corrected chi connectivity index (χ0v) is 4.22. The van der Waals surface area contributed by atoms with E-state index in [2.05, 4.69) is 0 Å². The van der Waals surface area contributed by atoms with Crippen LogP contribution in [0.25, 0.3) is 0 Å². The van der Waals surface area contributed by atoms with E-state index >= 15 is 0 Å². The molecule has 0 saturated heterocycles. The van der Waals surface area contributed by atoms with Crippen LogP contribution < -0.4 is 56.6 Å². The summed E-state index contributed by atoms with van der Waals surface area (Å²) in [7, 11) is 0. The van der Waals surface area contributed by atoms with Crippen molar-refractivity contribution < 1.29 is 60.9 Å². The van der Waals surface area contributed by atoms with Crippen molar-refractivity contribution >= 4 is 12.4 Å². The minimum absolute atomic E-state index is 0. The summed E-state index contributed by atoms with van der Waals surface area (Å²) in [6, 6.07) is 0. The second kappa shape index (κ2) is 19.5. The van der Waals surface area contributed by atoms with Crippen LogP contribution in [0.1, 0.15) is 4.28 Å². The zero-order chi connectivity index (χ0) is 0.